The molecule has 2 rings (SSSR count). The summed E-state index contributed by atoms with van der Waals surface area (Å²) in [6.45, 7) is 0. The number of H-pyrrole nitrogens is 1. The predicted molar refractivity (Wildman–Crippen MR) is 68.3 cm³/mol. The van der Waals surface area contributed by atoms with Crippen molar-refractivity contribution in [2.75, 3.05) is 25.3 Å². The molecule has 19 heavy (non-hydrogen) atoms. The molecule has 1 heterocycles. The lowest BCUT2D eigenvalue weighted by Gasteiger charge is -2.08. The quantitative estimate of drug-likeness (QED) is 0.746. The van der Waals surface area contributed by atoms with Crippen molar-refractivity contribution < 1.29 is 14.3 Å². The van der Waals surface area contributed by atoms with Gasteiger partial charge in [0.25, 0.3) is 11.9 Å². The van der Waals surface area contributed by atoms with Crippen LogP contribution in [-0.4, -0.2) is 35.3 Å². The van der Waals surface area contributed by atoms with Gasteiger partial charge in [0.1, 0.15) is 0 Å². The largest absolute Gasteiger partial charge is 0.493 e. The third kappa shape index (κ3) is 2.73. The lowest BCUT2D eigenvalue weighted by molar-refractivity contribution is 0.102. The molecule has 1 aromatic heterocycles. The van der Waals surface area contributed by atoms with Gasteiger partial charge < -0.3 is 15.2 Å². The molecule has 0 aliphatic rings. The minimum atomic E-state index is -0.375. The number of nitrogens with one attached hydrogen (secondary N) is 2. The molecular weight excluding hydrogens is 250 g/mol. The van der Waals surface area contributed by atoms with Gasteiger partial charge in [0, 0.05) is 5.56 Å². The summed E-state index contributed by atoms with van der Waals surface area (Å²) in [6.07, 6.45) is 0. The van der Waals surface area contributed by atoms with E-state index in [4.69, 9.17) is 15.2 Å². The van der Waals surface area contributed by atoms with E-state index in [1.165, 1.54) is 14.2 Å². The fraction of sp³-hybridized carbons (Fsp3) is 0.182. The second-order valence-corrected chi connectivity index (χ2v) is 3.57. The highest BCUT2D eigenvalue weighted by atomic mass is 16.5. The molecule has 0 aliphatic heterocycles. The Morgan fingerprint density at radius 1 is 1.32 bits per heavy atom. The van der Waals surface area contributed by atoms with E-state index in [2.05, 4.69) is 20.5 Å². The molecule has 2 aromatic rings. The Morgan fingerprint density at radius 3 is 2.63 bits per heavy atom. The number of carbonyl (C=O) groups excluding carboxylic acids is 1. The summed E-state index contributed by atoms with van der Waals surface area (Å²) in [4.78, 5) is 15.7. The number of nitrogens with zero attached hydrogens (tertiary/aromatic N) is 2. The summed E-state index contributed by atoms with van der Waals surface area (Å²) in [5.41, 5.74) is 5.75. The fourth-order valence-electron chi connectivity index (χ4n) is 1.48. The minimum Gasteiger partial charge on any atom is -0.493 e. The number of hydrogen-bond donors (Lipinski definition) is 3. The van der Waals surface area contributed by atoms with Crippen molar-refractivity contribution in [1.29, 1.82) is 0 Å². The predicted octanol–water partition coefficient (Wildman–Crippen LogP) is 0.656. The molecule has 0 fully saturated rings. The molecule has 8 heteroatoms. The number of hydrogen-bond acceptors (Lipinski definition) is 6. The Morgan fingerprint density at radius 2 is 2.05 bits per heavy atom. The third-order valence-corrected chi connectivity index (χ3v) is 2.37. The number of nitrogen functional groups attached to an aromatic ring is 1. The first-order valence-corrected chi connectivity index (χ1v) is 5.35. The number of benzene rings is 1. The number of methoxy groups -OCH3 is 2. The Hall–Kier alpha value is -2.77. The first kappa shape index (κ1) is 12.7. The topological polar surface area (TPSA) is 115 Å². The van der Waals surface area contributed by atoms with E-state index in [0.29, 0.717) is 17.1 Å². The Balaban J connectivity index is 2.19. The summed E-state index contributed by atoms with van der Waals surface area (Å²) in [5.74, 6) is 0.866. The van der Waals surface area contributed by atoms with Crippen molar-refractivity contribution in [2.24, 2.45) is 0 Å². The van der Waals surface area contributed by atoms with E-state index in [1.54, 1.807) is 18.2 Å². The van der Waals surface area contributed by atoms with E-state index in [0.717, 1.165) is 0 Å². The fourth-order valence-corrected chi connectivity index (χ4v) is 1.48. The summed E-state index contributed by atoms with van der Waals surface area (Å²) < 4.78 is 10.2. The Kier molecular flexibility index (Phi) is 3.51. The summed E-state index contributed by atoms with van der Waals surface area (Å²) in [6, 6.07) is 4.80. The van der Waals surface area contributed by atoms with E-state index in [-0.39, 0.29) is 17.8 Å². The van der Waals surface area contributed by atoms with E-state index in [1.807, 2.05) is 0 Å². The summed E-state index contributed by atoms with van der Waals surface area (Å²) in [5, 5.41) is 8.63. The standard InChI is InChI=1S/C11H13N5O3/c1-18-7-4-3-6(5-8(7)19-2)9(17)13-11-14-10(12)15-16-11/h3-5H,1-2H3,(H4,12,13,14,15,16,17). The zero-order valence-electron chi connectivity index (χ0n) is 10.4. The minimum absolute atomic E-state index is 0.109. The zero-order chi connectivity index (χ0) is 13.8. The van der Waals surface area contributed by atoms with Gasteiger partial charge in [0.05, 0.1) is 14.2 Å². The monoisotopic (exact) mass is 263 g/mol. The highest BCUT2D eigenvalue weighted by molar-refractivity contribution is 6.03. The van der Waals surface area contributed by atoms with Gasteiger partial charge in [-0.2, -0.15) is 4.98 Å². The van der Waals surface area contributed by atoms with Crippen molar-refractivity contribution in [3.8, 4) is 11.5 Å². The Bertz CT molecular complexity index is 596. The lowest BCUT2D eigenvalue weighted by atomic mass is 10.2. The van der Waals surface area contributed by atoms with Crippen LogP contribution >= 0.6 is 0 Å². The normalized spacial score (nSPS) is 10.0. The van der Waals surface area contributed by atoms with Crippen LogP contribution in [0.5, 0.6) is 11.5 Å². The summed E-state index contributed by atoms with van der Waals surface area (Å²) in [7, 11) is 3.02. The van der Waals surface area contributed by atoms with Crippen LogP contribution in [0.25, 0.3) is 0 Å². The average Bonchev–Trinajstić information content (AvgIpc) is 2.83. The molecule has 0 aliphatic carbocycles. The second kappa shape index (κ2) is 5.25. The maximum absolute atomic E-state index is 11.9. The number of aromatic amines is 1. The molecule has 0 radical (unpaired) electrons. The van der Waals surface area contributed by atoms with Gasteiger partial charge in [-0.25, -0.2) is 5.10 Å². The average molecular weight is 263 g/mol. The maximum atomic E-state index is 11.9. The maximum Gasteiger partial charge on any atom is 0.258 e. The molecule has 1 aromatic carbocycles. The van der Waals surface area contributed by atoms with Crippen LogP contribution in [0.1, 0.15) is 10.4 Å². The van der Waals surface area contributed by atoms with Crippen molar-refractivity contribution in [3.63, 3.8) is 0 Å². The second-order valence-electron chi connectivity index (χ2n) is 3.57. The van der Waals surface area contributed by atoms with Gasteiger partial charge in [0.2, 0.25) is 5.95 Å². The third-order valence-electron chi connectivity index (χ3n) is 2.37. The van der Waals surface area contributed by atoms with Crippen LogP contribution in [0.3, 0.4) is 0 Å². The van der Waals surface area contributed by atoms with Crippen molar-refractivity contribution in [1.82, 2.24) is 15.2 Å². The van der Waals surface area contributed by atoms with Gasteiger partial charge in [0.15, 0.2) is 11.5 Å². The van der Waals surface area contributed by atoms with Crippen molar-refractivity contribution >= 4 is 17.8 Å². The number of nitrogens with two attached hydrogens (primary N) is 1. The van der Waals surface area contributed by atoms with Gasteiger partial charge in [-0.05, 0) is 18.2 Å². The number of carbonyl (C=O) groups is 1. The van der Waals surface area contributed by atoms with Gasteiger partial charge in [-0.15, -0.1) is 5.10 Å². The molecule has 0 saturated heterocycles. The first-order chi connectivity index (χ1) is 9.13. The van der Waals surface area contributed by atoms with Crippen LogP contribution < -0.4 is 20.5 Å². The van der Waals surface area contributed by atoms with Gasteiger partial charge in [-0.1, -0.05) is 0 Å². The number of rotatable bonds is 4. The van der Waals surface area contributed by atoms with Crippen LogP contribution in [0.15, 0.2) is 18.2 Å². The van der Waals surface area contributed by atoms with E-state index >= 15 is 0 Å². The molecule has 0 unspecified atom stereocenters. The molecule has 0 saturated carbocycles. The van der Waals surface area contributed by atoms with Crippen molar-refractivity contribution in [2.45, 2.75) is 0 Å². The highest BCUT2D eigenvalue weighted by Gasteiger charge is 2.12. The Labute approximate surface area is 108 Å². The van der Waals surface area contributed by atoms with E-state index < -0.39 is 0 Å². The van der Waals surface area contributed by atoms with Gasteiger partial charge in [-0.3, -0.25) is 10.1 Å². The smallest absolute Gasteiger partial charge is 0.258 e. The number of amides is 1. The number of anilines is 2. The molecule has 0 atom stereocenters. The van der Waals surface area contributed by atoms with Crippen LogP contribution in [0.4, 0.5) is 11.9 Å². The van der Waals surface area contributed by atoms with Crippen LogP contribution in [-0.2, 0) is 0 Å². The lowest BCUT2D eigenvalue weighted by Crippen LogP contribution is -2.13. The van der Waals surface area contributed by atoms with Crippen LogP contribution in [0, 0.1) is 0 Å². The first-order valence-electron chi connectivity index (χ1n) is 5.35. The number of aromatic nitrogens is 3. The SMILES string of the molecule is COc1ccc(C(=O)Nc2n[nH]c(N)n2)cc1OC. The summed E-state index contributed by atoms with van der Waals surface area (Å²) >= 11 is 0. The van der Waals surface area contributed by atoms with Crippen molar-refractivity contribution in [3.05, 3.63) is 23.8 Å². The number of ether oxygens (including phenoxy) is 2. The molecule has 8 nitrogen and oxygen atoms in total. The molecule has 0 spiro atoms. The van der Waals surface area contributed by atoms with Crippen LogP contribution in [0.2, 0.25) is 0 Å². The molecular formula is C11H13N5O3. The molecule has 1 amide bonds. The molecule has 100 valence electrons. The molecule has 4 N–H and O–H groups in total. The molecule has 0 bridgehead atoms. The highest BCUT2D eigenvalue weighted by Crippen LogP contribution is 2.27. The van der Waals surface area contributed by atoms with Gasteiger partial charge >= 0.3 is 0 Å². The van der Waals surface area contributed by atoms with E-state index in [9.17, 15) is 4.79 Å². The zero-order valence-corrected chi connectivity index (χ0v) is 10.4.